The van der Waals surface area contributed by atoms with E-state index in [1.54, 1.807) is 0 Å². The number of aryl methyl sites for hydroxylation is 1. The molecule has 3 nitrogen and oxygen atoms in total. The van der Waals surface area contributed by atoms with Gasteiger partial charge in [-0.15, -0.1) is 0 Å². The van der Waals surface area contributed by atoms with Gasteiger partial charge in [-0.1, -0.05) is 18.2 Å². The summed E-state index contributed by atoms with van der Waals surface area (Å²) in [5.74, 6) is 0.952. The number of benzene rings is 1. The van der Waals surface area contributed by atoms with Crippen molar-refractivity contribution in [1.82, 2.24) is 5.32 Å². The quantitative estimate of drug-likeness (QED) is 0.900. The fraction of sp³-hybridized carbons (Fsp3) is 0.562. The molecule has 0 saturated heterocycles. The molecule has 19 heavy (non-hydrogen) atoms. The highest BCUT2D eigenvalue weighted by molar-refractivity contribution is 5.32. The molecule has 1 aromatic carbocycles. The van der Waals surface area contributed by atoms with Gasteiger partial charge < -0.3 is 4.74 Å². The molecule has 2 unspecified atom stereocenters. The molecule has 0 radical (unpaired) electrons. The van der Waals surface area contributed by atoms with Crippen LogP contribution in [0.25, 0.3) is 0 Å². The maximum atomic E-state index is 9.46. The first-order chi connectivity index (χ1) is 9.21. The van der Waals surface area contributed by atoms with Crippen LogP contribution >= 0.6 is 0 Å². The molecule has 1 aromatic rings. The zero-order chi connectivity index (χ0) is 13.3. The predicted octanol–water partition coefficient (Wildman–Crippen LogP) is 2.94. The lowest BCUT2D eigenvalue weighted by Crippen LogP contribution is -2.43. The van der Waals surface area contributed by atoms with E-state index < -0.39 is 0 Å². The summed E-state index contributed by atoms with van der Waals surface area (Å²) in [6.07, 6.45) is 5.25. The lowest BCUT2D eigenvalue weighted by molar-refractivity contribution is 0.199. The van der Waals surface area contributed by atoms with Crippen molar-refractivity contribution in [3.63, 3.8) is 0 Å². The lowest BCUT2D eigenvalue weighted by Gasteiger charge is -2.23. The van der Waals surface area contributed by atoms with E-state index in [0.29, 0.717) is 6.04 Å². The van der Waals surface area contributed by atoms with Gasteiger partial charge in [0.05, 0.1) is 6.07 Å². The summed E-state index contributed by atoms with van der Waals surface area (Å²) < 4.78 is 6.07. The molecule has 0 aliphatic heterocycles. The van der Waals surface area contributed by atoms with Crippen LogP contribution in [-0.2, 0) is 0 Å². The third kappa shape index (κ3) is 2.74. The summed E-state index contributed by atoms with van der Waals surface area (Å²) in [4.78, 5) is 0. The van der Waals surface area contributed by atoms with Gasteiger partial charge >= 0.3 is 0 Å². The molecular weight excluding hydrogens is 236 g/mol. The van der Waals surface area contributed by atoms with Crippen LogP contribution in [0.4, 0.5) is 0 Å². The third-order valence-electron chi connectivity index (χ3n) is 4.13. The van der Waals surface area contributed by atoms with Gasteiger partial charge in [-0.3, -0.25) is 5.32 Å². The second kappa shape index (κ2) is 4.86. The highest BCUT2D eigenvalue weighted by atomic mass is 16.5. The lowest BCUT2D eigenvalue weighted by atomic mass is 9.99. The van der Waals surface area contributed by atoms with Gasteiger partial charge in [0.1, 0.15) is 17.4 Å². The van der Waals surface area contributed by atoms with Crippen molar-refractivity contribution in [2.24, 2.45) is 0 Å². The van der Waals surface area contributed by atoms with Crippen molar-refractivity contribution < 1.29 is 4.74 Å². The van der Waals surface area contributed by atoms with Gasteiger partial charge in [-0.2, -0.15) is 5.26 Å². The zero-order valence-electron chi connectivity index (χ0n) is 11.4. The van der Waals surface area contributed by atoms with Crippen molar-refractivity contribution in [2.45, 2.75) is 56.7 Å². The summed E-state index contributed by atoms with van der Waals surface area (Å²) in [5, 5.41) is 13.0. The van der Waals surface area contributed by atoms with Gasteiger partial charge in [0.2, 0.25) is 0 Å². The van der Waals surface area contributed by atoms with E-state index in [0.717, 1.165) is 30.6 Å². The molecule has 0 spiro atoms. The Kier molecular flexibility index (Phi) is 3.20. The minimum absolute atomic E-state index is 0.159. The number of nitrogens with zero attached hydrogens (tertiary/aromatic N) is 1. The van der Waals surface area contributed by atoms with Gasteiger partial charge in [0.15, 0.2) is 0 Å². The second-order valence-corrected chi connectivity index (χ2v) is 5.86. The summed E-state index contributed by atoms with van der Waals surface area (Å²) in [6.45, 7) is 2.06. The Morgan fingerprint density at radius 2 is 2.11 bits per heavy atom. The van der Waals surface area contributed by atoms with Gasteiger partial charge in [0, 0.05) is 12.5 Å². The molecule has 2 aliphatic carbocycles. The SMILES string of the molecule is Cc1ccccc1OC1CCC(C#N)(NC2CC2)C1. The van der Waals surface area contributed by atoms with E-state index in [1.807, 2.05) is 18.2 Å². The first-order valence-corrected chi connectivity index (χ1v) is 7.12. The topological polar surface area (TPSA) is 45.0 Å². The van der Waals surface area contributed by atoms with E-state index in [2.05, 4.69) is 24.4 Å². The van der Waals surface area contributed by atoms with Crippen LogP contribution in [0.1, 0.15) is 37.7 Å². The van der Waals surface area contributed by atoms with Crippen LogP contribution in [0.2, 0.25) is 0 Å². The molecule has 0 heterocycles. The molecule has 0 amide bonds. The van der Waals surface area contributed by atoms with Crippen LogP contribution in [0.5, 0.6) is 5.75 Å². The maximum absolute atomic E-state index is 9.46. The zero-order valence-corrected chi connectivity index (χ0v) is 11.4. The van der Waals surface area contributed by atoms with Crippen LogP contribution in [0.3, 0.4) is 0 Å². The standard InChI is InChI=1S/C16H20N2O/c1-12-4-2-3-5-15(12)19-14-8-9-16(10-14,11-17)18-13-6-7-13/h2-5,13-14,18H,6-10H2,1H3. The number of rotatable bonds is 4. The molecule has 2 aliphatic rings. The first-order valence-electron chi connectivity index (χ1n) is 7.12. The largest absolute Gasteiger partial charge is 0.490 e. The van der Waals surface area contributed by atoms with E-state index in [9.17, 15) is 5.26 Å². The highest BCUT2D eigenvalue weighted by Crippen LogP contribution is 2.36. The van der Waals surface area contributed by atoms with Crippen molar-refractivity contribution in [2.75, 3.05) is 0 Å². The molecule has 100 valence electrons. The number of hydrogen-bond donors (Lipinski definition) is 1. The Bertz CT molecular complexity index is 504. The average molecular weight is 256 g/mol. The fourth-order valence-corrected chi connectivity index (χ4v) is 2.85. The van der Waals surface area contributed by atoms with Gasteiger partial charge in [0.25, 0.3) is 0 Å². The van der Waals surface area contributed by atoms with Gasteiger partial charge in [-0.25, -0.2) is 0 Å². The van der Waals surface area contributed by atoms with E-state index in [-0.39, 0.29) is 11.6 Å². The molecule has 0 aromatic heterocycles. The van der Waals surface area contributed by atoms with E-state index in [4.69, 9.17) is 4.74 Å². The van der Waals surface area contributed by atoms with Crippen LogP contribution < -0.4 is 10.1 Å². The monoisotopic (exact) mass is 256 g/mol. The number of hydrogen-bond acceptors (Lipinski definition) is 3. The van der Waals surface area contributed by atoms with Crippen LogP contribution in [-0.4, -0.2) is 17.7 Å². The molecular formula is C16H20N2O. The van der Waals surface area contributed by atoms with Crippen molar-refractivity contribution in [3.05, 3.63) is 29.8 Å². The molecule has 3 heteroatoms. The molecule has 0 bridgehead atoms. The Labute approximate surface area is 114 Å². The molecule has 2 saturated carbocycles. The van der Waals surface area contributed by atoms with E-state index in [1.165, 1.54) is 12.8 Å². The molecule has 2 fully saturated rings. The smallest absolute Gasteiger partial charge is 0.122 e. The average Bonchev–Trinajstić information content (AvgIpc) is 3.13. The maximum Gasteiger partial charge on any atom is 0.122 e. The summed E-state index contributed by atoms with van der Waals surface area (Å²) in [6, 6.07) is 11.1. The van der Waals surface area contributed by atoms with Crippen molar-refractivity contribution in [3.8, 4) is 11.8 Å². The van der Waals surface area contributed by atoms with Crippen LogP contribution in [0.15, 0.2) is 24.3 Å². The Balaban J connectivity index is 1.65. The number of nitriles is 1. The number of nitrogens with one attached hydrogen (secondary N) is 1. The van der Waals surface area contributed by atoms with Gasteiger partial charge in [-0.05, 0) is 44.2 Å². The molecule has 1 N–H and O–H groups in total. The third-order valence-corrected chi connectivity index (χ3v) is 4.13. The fourth-order valence-electron chi connectivity index (χ4n) is 2.85. The predicted molar refractivity (Wildman–Crippen MR) is 73.9 cm³/mol. The summed E-state index contributed by atoms with van der Waals surface area (Å²) in [7, 11) is 0. The Hall–Kier alpha value is -1.53. The second-order valence-electron chi connectivity index (χ2n) is 5.86. The first kappa shape index (κ1) is 12.5. The highest BCUT2D eigenvalue weighted by Gasteiger charge is 2.43. The summed E-state index contributed by atoms with van der Waals surface area (Å²) in [5.41, 5.74) is 0.807. The number of ether oxygens (including phenoxy) is 1. The normalized spacial score (nSPS) is 30.0. The van der Waals surface area contributed by atoms with E-state index >= 15 is 0 Å². The Morgan fingerprint density at radius 3 is 2.79 bits per heavy atom. The minimum atomic E-state index is -0.353. The summed E-state index contributed by atoms with van der Waals surface area (Å²) >= 11 is 0. The number of para-hydroxylation sites is 1. The minimum Gasteiger partial charge on any atom is -0.490 e. The van der Waals surface area contributed by atoms with Crippen LogP contribution in [0, 0.1) is 18.3 Å². The molecule has 2 atom stereocenters. The Morgan fingerprint density at radius 1 is 1.32 bits per heavy atom. The van der Waals surface area contributed by atoms with Crippen molar-refractivity contribution in [1.29, 1.82) is 5.26 Å². The molecule has 3 rings (SSSR count). The van der Waals surface area contributed by atoms with Crippen molar-refractivity contribution >= 4 is 0 Å².